The average molecular weight is 193 g/mol. The second-order valence-electron chi connectivity index (χ2n) is 3.31. The van der Waals surface area contributed by atoms with E-state index in [0.717, 1.165) is 11.1 Å². The fraction of sp³-hybridized carbons (Fsp3) is 0.364. The van der Waals surface area contributed by atoms with Crippen LogP contribution in [0.4, 0.5) is 5.69 Å². The van der Waals surface area contributed by atoms with E-state index >= 15 is 0 Å². The highest BCUT2D eigenvalue weighted by molar-refractivity contribution is 5.78. The summed E-state index contributed by atoms with van der Waals surface area (Å²) in [5.74, 6) is -0.498. The lowest BCUT2D eigenvalue weighted by atomic mass is 9.95. The number of nitrogens with two attached hydrogens (primary N) is 1. The number of hydrogen-bond donors (Lipinski definition) is 1. The summed E-state index contributed by atoms with van der Waals surface area (Å²) in [4.78, 5) is 11.3. The van der Waals surface area contributed by atoms with Gasteiger partial charge in [-0.05, 0) is 31.0 Å². The van der Waals surface area contributed by atoms with Crippen molar-refractivity contribution in [2.75, 3.05) is 12.8 Å². The molecule has 0 amide bonds. The van der Waals surface area contributed by atoms with Crippen molar-refractivity contribution in [2.45, 2.75) is 19.8 Å². The molecule has 0 aromatic heterocycles. The quantitative estimate of drug-likeness (QED) is 0.576. The van der Waals surface area contributed by atoms with Gasteiger partial charge in [0.2, 0.25) is 0 Å². The van der Waals surface area contributed by atoms with E-state index in [2.05, 4.69) is 4.74 Å². The molecule has 2 N–H and O–H groups in total. The number of carbonyl (C=O) groups is 1. The molecular formula is C11H15NO2. The lowest BCUT2D eigenvalue weighted by molar-refractivity contribution is -0.142. The van der Waals surface area contributed by atoms with Crippen molar-refractivity contribution in [2.24, 2.45) is 0 Å². The maximum absolute atomic E-state index is 11.3. The monoisotopic (exact) mass is 193 g/mol. The van der Waals surface area contributed by atoms with Crippen LogP contribution in [0, 0.1) is 6.92 Å². The summed E-state index contributed by atoms with van der Waals surface area (Å²) in [7, 11) is 1.39. The molecule has 3 nitrogen and oxygen atoms in total. The molecule has 14 heavy (non-hydrogen) atoms. The third kappa shape index (κ3) is 1.87. The molecule has 0 spiro atoms. The first-order chi connectivity index (χ1) is 6.57. The Kier molecular flexibility index (Phi) is 3.12. The number of nitrogen functional groups attached to an aromatic ring is 1. The molecule has 0 fully saturated rings. The molecule has 1 aromatic carbocycles. The topological polar surface area (TPSA) is 52.3 Å². The average Bonchev–Trinajstić information content (AvgIpc) is 2.20. The molecule has 1 aromatic rings. The molecule has 0 aliphatic heterocycles. The van der Waals surface area contributed by atoms with Crippen LogP contribution in [0.15, 0.2) is 18.2 Å². The predicted octanol–water partition coefficient (Wildman–Crippen LogP) is 1.85. The number of benzene rings is 1. The molecule has 1 atom stereocenters. The first-order valence-corrected chi connectivity index (χ1v) is 4.50. The summed E-state index contributed by atoms with van der Waals surface area (Å²) >= 11 is 0. The summed E-state index contributed by atoms with van der Waals surface area (Å²) in [6, 6.07) is 5.56. The molecule has 1 rings (SSSR count). The maximum Gasteiger partial charge on any atom is 0.312 e. The molecule has 0 radical (unpaired) electrons. The zero-order chi connectivity index (χ0) is 10.7. The number of rotatable bonds is 2. The third-order valence-electron chi connectivity index (χ3n) is 2.44. The minimum absolute atomic E-state index is 0.237. The van der Waals surface area contributed by atoms with E-state index in [1.165, 1.54) is 7.11 Å². The van der Waals surface area contributed by atoms with Gasteiger partial charge in [0, 0.05) is 5.69 Å². The van der Waals surface area contributed by atoms with Crippen molar-refractivity contribution in [1.29, 1.82) is 0 Å². The van der Waals surface area contributed by atoms with Crippen LogP contribution in [-0.4, -0.2) is 13.1 Å². The molecule has 3 heteroatoms. The second kappa shape index (κ2) is 4.13. The Balaban J connectivity index is 3.07. The van der Waals surface area contributed by atoms with Crippen molar-refractivity contribution in [3.63, 3.8) is 0 Å². The number of ether oxygens (including phenoxy) is 1. The molecule has 0 aliphatic rings. The normalized spacial score (nSPS) is 12.2. The van der Waals surface area contributed by atoms with Crippen LogP contribution in [0.1, 0.15) is 24.0 Å². The van der Waals surface area contributed by atoms with Gasteiger partial charge in [-0.25, -0.2) is 0 Å². The fourth-order valence-electron chi connectivity index (χ4n) is 1.44. The first kappa shape index (κ1) is 10.6. The van der Waals surface area contributed by atoms with Crippen LogP contribution >= 0.6 is 0 Å². The highest BCUT2D eigenvalue weighted by Gasteiger charge is 2.17. The number of esters is 1. The molecule has 0 saturated carbocycles. The van der Waals surface area contributed by atoms with Crippen LogP contribution in [0.25, 0.3) is 0 Å². The Morgan fingerprint density at radius 1 is 1.50 bits per heavy atom. The van der Waals surface area contributed by atoms with Gasteiger partial charge < -0.3 is 10.5 Å². The molecule has 0 bridgehead atoms. The molecule has 0 saturated heterocycles. The van der Waals surface area contributed by atoms with E-state index in [-0.39, 0.29) is 11.9 Å². The molecule has 1 unspecified atom stereocenters. The van der Waals surface area contributed by atoms with E-state index < -0.39 is 0 Å². The van der Waals surface area contributed by atoms with Crippen molar-refractivity contribution in [3.05, 3.63) is 29.3 Å². The van der Waals surface area contributed by atoms with E-state index in [4.69, 9.17) is 5.73 Å². The third-order valence-corrected chi connectivity index (χ3v) is 2.44. The van der Waals surface area contributed by atoms with E-state index in [1.54, 1.807) is 0 Å². The standard InChI is InChI=1S/C11H15NO2/c1-7-9(5-4-6-10(7)12)8(2)11(13)14-3/h4-6,8H,12H2,1-3H3. The van der Waals surface area contributed by atoms with Gasteiger partial charge in [0.25, 0.3) is 0 Å². The molecule has 0 aliphatic carbocycles. The lowest BCUT2D eigenvalue weighted by Gasteiger charge is -2.13. The zero-order valence-corrected chi connectivity index (χ0v) is 8.70. The number of carbonyl (C=O) groups excluding carboxylic acids is 1. The van der Waals surface area contributed by atoms with E-state index in [1.807, 2.05) is 32.0 Å². The molecule has 0 heterocycles. The highest BCUT2D eigenvalue weighted by atomic mass is 16.5. The van der Waals surface area contributed by atoms with Gasteiger partial charge in [-0.2, -0.15) is 0 Å². The molecular weight excluding hydrogens is 178 g/mol. The summed E-state index contributed by atoms with van der Waals surface area (Å²) in [6.45, 7) is 3.72. The Morgan fingerprint density at radius 3 is 2.71 bits per heavy atom. The van der Waals surface area contributed by atoms with Crippen LogP contribution in [0.2, 0.25) is 0 Å². The minimum Gasteiger partial charge on any atom is -0.469 e. The van der Waals surface area contributed by atoms with Gasteiger partial charge in [-0.15, -0.1) is 0 Å². The Bertz CT molecular complexity index is 347. The minimum atomic E-state index is -0.261. The smallest absolute Gasteiger partial charge is 0.312 e. The first-order valence-electron chi connectivity index (χ1n) is 4.50. The van der Waals surface area contributed by atoms with Crippen molar-refractivity contribution in [3.8, 4) is 0 Å². The van der Waals surface area contributed by atoms with Gasteiger partial charge in [0.15, 0.2) is 0 Å². The van der Waals surface area contributed by atoms with Crippen molar-refractivity contribution < 1.29 is 9.53 Å². The van der Waals surface area contributed by atoms with Crippen molar-refractivity contribution in [1.82, 2.24) is 0 Å². The van der Waals surface area contributed by atoms with Crippen LogP contribution in [0.3, 0.4) is 0 Å². The SMILES string of the molecule is COC(=O)C(C)c1cccc(N)c1C. The van der Waals surface area contributed by atoms with Gasteiger partial charge in [0.1, 0.15) is 0 Å². The van der Waals surface area contributed by atoms with Crippen LogP contribution in [-0.2, 0) is 9.53 Å². The van der Waals surface area contributed by atoms with Gasteiger partial charge in [0.05, 0.1) is 13.0 Å². The predicted molar refractivity (Wildman–Crippen MR) is 56.0 cm³/mol. The largest absolute Gasteiger partial charge is 0.469 e. The summed E-state index contributed by atoms with van der Waals surface area (Å²) in [5, 5.41) is 0. The van der Waals surface area contributed by atoms with E-state index in [0.29, 0.717) is 5.69 Å². The summed E-state index contributed by atoms with van der Waals surface area (Å²) in [6.07, 6.45) is 0. The Labute approximate surface area is 83.9 Å². The van der Waals surface area contributed by atoms with E-state index in [9.17, 15) is 4.79 Å². The Morgan fingerprint density at radius 2 is 2.14 bits per heavy atom. The zero-order valence-electron chi connectivity index (χ0n) is 8.70. The summed E-state index contributed by atoms with van der Waals surface area (Å²) < 4.78 is 4.68. The van der Waals surface area contributed by atoms with Gasteiger partial charge in [-0.3, -0.25) is 4.79 Å². The maximum atomic E-state index is 11.3. The fourth-order valence-corrected chi connectivity index (χ4v) is 1.44. The van der Waals surface area contributed by atoms with Gasteiger partial charge >= 0.3 is 5.97 Å². The molecule has 76 valence electrons. The van der Waals surface area contributed by atoms with Crippen molar-refractivity contribution >= 4 is 11.7 Å². The lowest BCUT2D eigenvalue weighted by Crippen LogP contribution is -2.12. The Hall–Kier alpha value is -1.51. The van der Waals surface area contributed by atoms with Crippen LogP contribution < -0.4 is 5.73 Å². The van der Waals surface area contributed by atoms with Crippen LogP contribution in [0.5, 0.6) is 0 Å². The summed E-state index contributed by atoms with van der Waals surface area (Å²) in [5.41, 5.74) is 8.33. The highest BCUT2D eigenvalue weighted by Crippen LogP contribution is 2.24. The number of anilines is 1. The second-order valence-corrected chi connectivity index (χ2v) is 3.31. The number of hydrogen-bond acceptors (Lipinski definition) is 3. The van der Waals surface area contributed by atoms with Gasteiger partial charge in [-0.1, -0.05) is 12.1 Å². The number of methoxy groups -OCH3 is 1.